The summed E-state index contributed by atoms with van der Waals surface area (Å²) in [7, 11) is 1.60. The van der Waals surface area contributed by atoms with Crippen molar-refractivity contribution in [2.24, 2.45) is 0 Å². The number of hydrogen-bond donors (Lipinski definition) is 1. The Balaban J connectivity index is 1.38. The topological polar surface area (TPSA) is 87.9 Å². The van der Waals surface area contributed by atoms with Gasteiger partial charge in [-0.05, 0) is 38.1 Å². The van der Waals surface area contributed by atoms with Crippen LogP contribution in [0, 0.1) is 6.92 Å². The van der Waals surface area contributed by atoms with Crippen LogP contribution in [0.25, 0.3) is 5.65 Å². The minimum Gasteiger partial charge on any atom is -0.495 e. The number of anilines is 2. The van der Waals surface area contributed by atoms with E-state index >= 15 is 0 Å². The molecule has 1 fully saturated rings. The fraction of sp³-hybridized carbons (Fsp3) is 0.400. The third kappa shape index (κ3) is 3.86. The molecule has 4 rings (SSSR count). The zero-order valence-electron chi connectivity index (χ0n) is 16.9. The second-order valence-corrected chi connectivity index (χ2v) is 7.10. The van der Waals surface area contributed by atoms with E-state index in [-0.39, 0.29) is 11.9 Å². The molecule has 1 N–H and O–H groups in total. The van der Waals surface area contributed by atoms with E-state index in [1.165, 1.54) is 0 Å². The number of nitrogens with zero attached hydrogens (tertiary/aromatic N) is 6. The van der Waals surface area contributed by atoms with Crippen molar-refractivity contribution >= 4 is 23.1 Å². The SMILES string of the molecule is COc1ccccc1NC(=O)[C@H](C)N1CCN(c2ccc3nnc(C)n3n2)CC1. The number of amides is 1. The zero-order valence-corrected chi connectivity index (χ0v) is 16.9. The summed E-state index contributed by atoms with van der Waals surface area (Å²) in [5, 5.41) is 15.8. The van der Waals surface area contributed by atoms with Crippen LogP contribution in [-0.4, -0.2) is 69.9 Å². The molecule has 1 saturated heterocycles. The molecule has 2 aromatic heterocycles. The van der Waals surface area contributed by atoms with Crippen LogP contribution in [0.1, 0.15) is 12.7 Å². The van der Waals surface area contributed by atoms with E-state index in [0.717, 1.165) is 43.5 Å². The van der Waals surface area contributed by atoms with Crippen molar-refractivity contribution in [1.82, 2.24) is 24.7 Å². The van der Waals surface area contributed by atoms with E-state index in [9.17, 15) is 4.79 Å². The molecule has 0 radical (unpaired) electrons. The number of nitrogens with one attached hydrogen (secondary N) is 1. The van der Waals surface area contributed by atoms with Gasteiger partial charge in [-0.25, -0.2) is 0 Å². The molecule has 152 valence electrons. The smallest absolute Gasteiger partial charge is 0.241 e. The number of aryl methyl sites for hydroxylation is 1. The Bertz CT molecular complexity index is 1010. The standard InChI is InChI=1S/C20H25N7O2/c1-14(20(28)21-16-6-4-5-7-17(16)29-3)25-10-12-26(13-11-25)19-9-8-18-23-22-15(2)27(18)24-19/h4-9,14H,10-13H2,1-3H3,(H,21,28)/t14-/m0/s1. The maximum atomic E-state index is 12.7. The molecule has 0 aliphatic carbocycles. The molecule has 0 unspecified atom stereocenters. The molecule has 1 aliphatic heterocycles. The highest BCUT2D eigenvalue weighted by atomic mass is 16.5. The van der Waals surface area contributed by atoms with Gasteiger partial charge in [0.05, 0.1) is 18.8 Å². The summed E-state index contributed by atoms with van der Waals surface area (Å²) in [6, 6.07) is 11.1. The van der Waals surface area contributed by atoms with Crippen LogP contribution in [0.4, 0.5) is 11.5 Å². The second-order valence-electron chi connectivity index (χ2n) is 7.10. The number of para-hydroxylation sites is 2. The van der Waals surface area contributed by atoms with E-state index in [1.54, 1.807) is 11.6 Å². The largest absolute Gasteiger partial charge is 0.495 e. The Morgan fingerprint density at radius 1 is 1.10 bits per heavy atom. The second kappa shape index (κ2) is 8.04. The average molecular weight is 395 g/mol. The first kappa shape index (κ1) is 19.1. The van der Waals surface area contributed by atoms with Gasteiger partial charge in [-0.2, -0.15) is 4.52 Å². The molecule has 1 aliphatic rings. The Kier molecular flexibility index (Phi) is 5.30. The normalized spacial score (nSPS) is 16.0. The zero-order chi connectivity index (χ0) is 20.4. The first-order valence-corrected chi connectivity index (χ1v) is 9.69. The van der Waals surface area contributed by atoms with Crippen molar-refractivity contribution in [3.8, 4) is 5.75 Å². The predicted molar refractivity (Wildman–Crippen MR) is 110 cm³/mol. The number of rotatable bonds is 5. The van der Waals surface area contributed by atoms with Crippen molar-refractivity contribution in [2.75, 3.05) is 43.5 Å². The lowest BCUT2D eigenvalue weighted by Gasteiger charge is -2.37. The fourth-order valence-electron chi connectivity index (χ4n) is 3.54. The first-order chi connectivity index (χ1) is 14.1. The number of aromatic nitrogens is 4. The molecule has 1 amide bonds. The predicted octanol–water partition coefficient (Wildman–Crippen LogP) is 1.59. The maximum Gasteiger partial charge on any atom is 0.241 e. The summed E-state index contributed by atoms with van der Waals surface area (Å²) < 4.78 is 7.07. The van der Waals surface area contributed by atoms with E-state index in [0.29, 0.717) is 11.4 Å². The van der Waals surface area contributed by atoms with Crippen molar-refractivity contribution < 1.29 is 9.53 Å². The van der Waals surface area contributed by atoms with E-state index < -0.39 is 0 Å². The van der Waals surface area contributed by atoms with Gasteiger partial charge < -0.3 is 15.0 Å². The molecule has 0 spiro atoms. The highest BCUT2D eigenvalue weighted by Gasteiger charge is 2.26. The van der Waals surface area contributed by atoms with Gasteiger partial charge in [0.1, 0.15) is 11.6 Å². The lowest BCUT2D eigenvalue weighted by molar-refractivity contribution is -0.120. The van der Waals surface area contributed by atoms with E-state index in [1.807, 2.05) is 50.2 Å². The summed E-state index contributed by atoms with van der Waals surface area (Å²) in [5.74, 6) is 2.28. The van der Waals surface area contributed by atoms with Crippen LogP contribution < -0.4 is 15.0 Å². The minimum absolute atomic E-state index is 0.0393. The third-order valence-corrected chi connectivity index (χ3v) is 5.33. The Morgan fingerprint density at radius 3 is 2.62 bits per heavy atom. The molecule has 9 heteroatoms. The van der Waals surface area contributed by atoms with E-state index in [4.69, 9.17) is 4.74 Å². The van der Waals surface area contributed by atoms with Crippen LogP contribution in [0.2, 0.25) is 0 Å². The van der Waals surface area contributed by atoms with Gasteiger partial charge in [0.25, 0.3) is 0 Å². The van der Waals surface area contributed by atoms with Crippen LogP contribution in [0.3, 0.4) is 0 Å². The lowest BCUT2D eigenvalue weighted by atomic mass is 10.2. The van der Waals surface area contributed by atoms with Crippen LogP contribution in [0.5, 0.6) is 5.75 Å². The highest BCUT2D eigenvalue weighted by Crippen LogP contribution is 2.24. The van der Waals surface area contributed by atoms with Gasteiger partial charge in [0, 0.05) is 26.2 Å². The maximum absolute atomic E-state index is 12.7. The Labute approximate surface area is 169 Å². The molecular weight excluding hydrogens is 370 g/mol. The number of carbonyl (C=O) groups excluding carboxylic acids is 1. The Morgan fingerprint density at radius 2 is 1.86 bits per heavy atom. The van der Waals surface area contributed by atoms with Gasteiger partial charge in [0.15, 0.2) is 11.5 Å². The molecule has 9 nitrogen and oxygen atoms in total. The number of methoxy groups -OCH3 is 1. The monoisotopic (exact) mass is 395 g/mol. The van der Waals surface area contributed by atoms with Gasteiger partial charge in [-0.3, -0.25) is 9.69 Å². The number of fused-ring (bicyclic) bond motifs is 1. The van der Waals surface area contributed by atoms with Crippen LogP contribution in [0.15, 0.2) is 36.4 Å². The van der Waals surface area contributed by atoms with Crippen molar-refractivity contribution in [3.63, 3.8) is 0 Å². The summed E-state index contributed by atoms with van der Waals surface area (Å²) in [6.45, 7) is 6.97. The molecule has 1 atom stereocenters. The highest BCUT2D eigenvalue weighted by molar-refractivity contribution is 5.95. The number of ether oxygens (including phenoxy) is 1. The van der Waals surface area contributed by atoms with Crippen molar-refractivity contribution in [1.29, 1.82) is 0 Å². The first-order valence-electron chi connectivity index (χ1n) is 9.69. The molecule has 3 heterocycles. The van der Waals surface area contributed by atoms with Crippen LogP contribution >= 0.6 is 0 Å². The van der Waals surface area contributed by atoms with Gasteiger partial charge in [0.2, 0.25) is 5.91 Å². The van der Waals surface area contributed by atoms with Crippen molar-refractivity contribution in [3.05, 3.63) is 42.2 Å². The molecule has 3 aromatic rings. The number of piperazine rings is 1. The van der Waals surface area contributed by atoms with E-state index in [2.05, 4.69) is 30.4 Å². The summed E-state index contributed by atoms with van der Waals surface area (Å²) in [6.07, 6.45) is 0. The van der Waals surface area contributed by atoms with Gasteiger partial charge in [-0.1, -0.05) is 12.1 Å². The summed E-state index contributed by atoms with van der Waals surface area (Å²) in [5.41, 5.74) is 1.43. The average Bonchev–Trinajstić information content (AvgIpc) is 3.14. The van der Waals surface area contributed by atoms with Gasteiger partial charge in [-0.15, -0.1) is 15.3 Å². The summed E-state index contributed by atoms with van der Waals surface area (Å²) >= 11 is 0. The van der Waals surface area contributed by atoms with Crippen molar-refractivity contribution in [2.45, 2.75) is 19.9 Å². The molecule has 0 saturated carbocycles. The molecule has 29 heavy (non-hydrogen) atoms. The quantitative estimate of drug-likeness (QED) is 0.702. The fourth-order valence-corrected chi connectivity index (χ4v) is 3.54. The number of hydrogen-bond acceptors (Lipinski definition) is 7. The number of carbonyl (C=O) groups is 1. The third-order valence-electron chi connectivity index (χ3n) is 5.33. The lowest BCUT2D eigenvalue weighted by Crippen LogP contribution is -2.53. The summed E-state index contributed by atoms with van der Waals surface area (Å²) in [4.78, 5) is 17.1. The molecular formula is C20H25N7O2. The molecule has 0 bridgehead atoms. The van der Waals surface area contributed by atoms with Gasteiger partial charge >= 0.3 is 0 Å². The van der Waals surface area contributed by atoms with Crippen LogP contribution in [-0.2, 0) is 4.79 Å². The molecule has 1 aromatic carbocycles. The minimum atomic E-state index is -0.238. The Hall–Kier alpha value is -3.20. The number of benzene rings is 1.